The second kappa shape index (κ2) is 13.5. The number of guanidine groups is 1. The van der Waals surface area contributed by atoms with Crippen molar-refractivity contribution in [2.24, 2.45) is 4.99 Å². The number of nitrogens with zero attached hydrogens (tertiary/aromatic N) is 3. The van der Waals surface area contributed by atoms with Crippen molar-refractivity contribution in [3.8, 4) is 0 Å². The highest BCUT2D eigenvalue weighted by Gasteiger charge is 2.28. The highest BCUT2D eigenvalue weighted by Crippen LogP contribution is 2.15. The first-order valence-electron chi connectivity index (χ1n) is 10.9. The van der Waals surface area contributed by atoms with Gasteiger partial charge in [-0.25, -0.2) is 9.79 Å². The topological polar surface area (TPSA) is 86.3 Å². The molecular formula is C23H38IN5O3. The summed E-state index contributed by atoms with van der Waals surface area (Å²) in [5.41, 5.74) is 0.711. The van der Waals surface area contributed by atoms with E-state index in [1.807, 2.05) is 39.0 Å². The minimum atomic E-state index is -0.518. The van der Waals surface area contributed by atoms with Crippen LogP contribution in [0, 0.1) is 0 Å². The number of aliphatic imine (C=N–C) groups is 1. The van der Waals surface area contributed by atoms with Gasteiger partial charge in [0.05, 0.1) is 0 Å². The SMILES string of the molecule is CN(C)C(=O)CN=C(NCCc1ccccc1)NC1CCCN(C(=O)OC(C)(C)C)C1.I. The number of nitrogens with one attached hydrogen (secondary N) is 2. The molecule has 1 fully saturated rings. The Bertz CT molecular complexity index is 750. The number of carbonyl (C=O) groups is 2. The van der Waals surface area contributed by atoms with E-state index in [-0.39, 0.29) is 48.6 Å². The van der Waals surface area contributed by atoms with Gasteiger partial charge in [-0.15, -0.1) is 24.0 Å². The number of halogens is 1. The number of likely N-dealkylation sites (tertiary alicyclic amines) is 1. The second-order valence-electron chi connectivity index (χ2n) is 9.03. The summed E-state index contributed by atoms with van der Waals surface area (Å²) in [6.45, 7) is 7.58. The fraction of sp³-hybridized carbons (Fsp3) is 0.609. The smallest absolute Gasteiger partial charge is 0.410 e. The van der Waals surface area contributed by atoms with Crippen molar-refractivity contribution in [1.82, 2.24) is 20.4 Å². The molecule has 32 heavy (non-hydrogen) atoms. The fourth-order valence-corrected chi connectivity index (χ4v) is 3.19. The number of hydrogen-bond acceptors (Lipinski definition) is 4. The van der Waals surface area contributed by atoms with Gasteiger partial charge in [0.25, 0.3) is 0 Å². The lowest BCUT2D eigenvalue weighted by Gasteiger charge is -2.35. The standard InChI is InChI=1S/C23H37N5O3.HI/c1-23(2,3)31-22(30)28-15-9-12-19(17-28)26-21(25-16-20(29)27(4)5)24-14-13-18-10-7-6-8-11-18;/h6-8,10-11,19H,9,12-17H2,1-5H3,(H2,24,25,26);1H. The number of ether oxygens (including phenoxy) is 1. The molecule has 0 spiro atoms. The Kier molecular flexibility index (Phi) is 11.8. The molecule has 2 N–H and O–H groups in total. The average molecular weight is 559 g/mol. The van der Waals surface area contributed by atoms with Gasteiger partial charge in [0.2, 0.25) is 5.91 Å². The number of amides is 2. The molecule has 0 saturated carbocycles. The van der Waals surface area contributed by atoms with E-state index in [0.717, 1.165) is 19.3 Å². The van der Waals surface area contributed by atoms with Crippen LogP contribution in [0.3, 0.4) is 0 Å². The van der Waals surface area contributed by atoms with Crippen LogP contribution in [0.5, 0.6) is 0 Å². The van der Waals surface area contributed by atoms with Crippen LogP contribution in [0.15, 0.2) is 35.3 Å². The van der Waals surface area contributed by atoms with Crippen molar-refractivity contribution in [1.29, 1.82) is 0 Å². The largest absolute Gasteiger partial charge is 0.444 e. The van der Waals surface area contributed by atoms with E-state index in [1.165, 1.54) is 10.5 Å². The van der Waals surface area contributed by atoms with E-state index in [4.69, 9.17) is 4.74 Å². The molecule has 2 rings (SSSR count). The predicted octanol–water partition coefficient (Wildman–Crippen LogP) is 2.87. The Labute approximate surface area is 209 Å². The van der Waals surface area contributed by atoms with Gasteiger partial charge >= 0.3 is 6.09 Å². The van der Waals surface area contributed by atoms with Gasteiger partial charge in [-0.1, -0.05) is 30.3 Å². The lowest BCUT2D eigenvalue weighted by Crippen LogP contribution is -2.53. The van der Waals surface area contributed by atoms with Gasteiger partial charge < -0.3 is 25.2 Å². The van der Waals surface area contributed by atoms with Crippen LogP contribution < -0.4 is 10.6 Å². The van der Waals surface area contributed by atoms with Crippen LogP contribution in [0.25, 0.3) is 0 Å². The highest BCUT2D eigenvalue weighted by molar-refractivity contribution is 14.0. The first kappa shape index (κ1) is 28.0. The number of hydrogen-bond donors (Lipinski definition) is 2. The van der Waals surface area contributed by atoms with Crippen molar-refractivity contribution in [2.75, 3.05) is 40.3 Å². The lowest BCUT2D eigenvalue weighted by atomic mass is 10.1. The summed E-state index contributed by atoms with van der Waals surface area (Å²) in [6.07, 6.45) is 2.35. The first-order chi connectivity index (χ1) is 14.6. The fourth-order valence-electron chi connectivity index (χ4n) is 3.19. The Morgan fingerprint density at radius 2 is 1.91 bits per heavy atom. The molecule has 1 aliphatic heterocycles. The molecule has 2 amide bonds. The molecule has 0 aromatic heterocycles. The van der Waals surface area contributed by atoms with Crippen LogP contribution in [-0.2, 0) is 16.0 Å². The lowest BCUT2D eigenvalue weighted by molar-refractivity contribution is -0.127. The maximum atomic E-state index is 12.4. The molecule has 180 valence electrons. The Balaban J connectivity index is 0.00000512. The molecule has 1 aliphatic rings. The predicted molar refractivity (Wildman–Crippen MR) is 139 cm³/mol. The van der Waals surface area contributed by atoms with E-state index in [2.05, 4.69) is 27.8 Å². The summed E-state index contributed by atoms with van der Waals surface area (Å²) >= 11 is 0. The van der Waals surface area contributed by atoms with Gasteiger partial charge in [0.1, 0.15) is 12.1 Å². The molecule has 1 heterocycles. The molecule has 0 bridgehead atoms. The van der Waals surface area contributed by atoms with E-state index in [9.17, 15) is 9.59 Å². The minimum absolute atomic E-state index is 0. The molecule has 0 aliphatic carbocycles. The third-order valence-corrected chi connectivity index (χ3v) is 4.83. The van der Waals surface area contributed by atoms with E-state index in [0.29, 0.717) is 25.6 Å². The highest BCUT2D eigenvalue weighted by atomic mass is 127. The van der Waals surface area contributed by atoms with Crippen molar-refractivity contribution < 1.29 is 14.3 Å². The van der Waals surface area contributed by atoms with Gasteiger partial charge in [-0.2, -0.15) is 0 Å². The second-order valence-corrected chi connectivity index (χ2v) is 9.03. The quantitative estimate of drug-likeness (QED) is 0.318. The zero-order valence-corrected chi connectivity index (χ0v) is 22.2. The van der Waals surface area contributed by atoms with Crippen molar-refractivity contribution in [3.05, 3.63) is 35.9 Å². The number of rotatable bonds is 6. The van der Waals surface area contributed by atoms with E-state index >= 15 is 0 Å². The normalized spacial score (nSPS) is 16.6. The first-order valence-corrected chi connectivity index (χ1v) is 10.9. The molecule has 1 atom stereocenters. The van der Waals surface area contributed by atoms with Crippen LogP contribution in [0.1, 0.15) is 39.2 Å². The summed E-state index contributed by atoms with van der Waals surface area (Å²) in [5, 5.41) is 6.73. The minimum Gasteiger partial charge on any atom is -0.444 e. The van der Waals surface area contributed by atoms with Gasteiger partial charge in [-0.05, 0) is 45.6 Å². The molecular weight excluding hydrogens is 521 g/mol. The van der Waals surface area contributed by atoms with Crippen molar-refractivity contribution in [2.45, 2.75) is 51.7 Å². The monoisotopic (exact) mass is 559 g/mol. The van der Waals surface area contributed by atoms with Gasteiger partial charge in [0.15, 0.2) is 5.96 Å². The number of benzene rings is 1. The summed E-state index contributed by atoms with van der Waals surface area (Å²) in [7, 11) is 3.43. The number of likely N-dealkylation sites (N-methyl/N-ethyl adjacent to an activating group) is 1. The Morgan fingerprint density at radius 1 is 1.22 bits per heavy atom. The summed E-state index contributed by atoms with van der Waals surface area (Å²) < 4.78 is 5.51. The van der Waals surface area contributed by atoms with Crippen LogP contribution >= 0.6 is 24.0 Å². The Hall–Kier alpha value is -2.04. The van der Waals surface area contributed by atoms with Gasteiger partial charge in [-0.3, -0.25) is 4.79 Å². The summed E-state index contributed by atoms with van der Waals surface area (Å²) in [6, 6.07) is 10.2. The van der Waals surface area contributed by atoms with Gasteiger partial charge in [0, 0.05) is 39.8 Å². The third-order valence-electron chi connectivity index (χ3n) is 4.83. The number of carbonyl (C=O) groups excluding carboxylic acids is 2. The molecule has 8 nitrogen and oxygen atoms in total. The zero-order chi connectivity index (χ0) is 22.9. The van der Waals surface area contributed by atoms with Crippen molar-refractivity contribution >= 4 is 41.9 Å². The maximum Gasteiger partial charge on any atom is 0.410 e. The zero-order valence-electron chi connectivity index (χ0n) is 19.9. The molecule has 0 radical (unpaired) electrons. The molecule has 1 saturated heterocycles. The molecule has 1 unspecified atom stereocenters. The average Bonchev–Trinajstić information content (AvgIpc) is 2.71. The molecule has 9 heteroatoms. The van der Waals surface area contributed by atoms with Crippen LogP contribution in [-0.4, -0.2) is 79.7 Å². The summed E-state index contributed by atoms with van der Waals surface area (Å²) in [5.74, 6) is 0.519. The van der Waals surface area contributed by atoms with E-state index in [1.54, 1.807) is 19.0 Å². The third kappa shape index (κ3) is 10.5. The van der Waals surface area contributed by atoms with E-state index < -0.39 is 5.60 Å². The Morgan fingerprint density at radius 3 is 2.53 bits per heavy atom. The maximum absolute atomic E-state index is 12.4. The summed E-state index contributed by atoms with van der Waals surface area (Å²) in [4.78, 5) is 32.2. The van der Waals surface area contributed by atoms with Crippen molar-refractivity contribution in [3.63, 3.8) is 0 Å². The number of piperidine rings is 1. The van der Waals surface area contributed by atoms with Crippen LogP contribution in [0.4, 0.5) is 4.79 Å². The molecule has 1 aromatic carbocycles. The molecule has 1 aromatic rings. The van der Waals surface area contributed by atoms with Crippen LogP contribution in [0.2, 0.25) is 0 Å².